The van der Waals surface area contributed by atoms with Crippen molar-refractivity contribution < 1.29 is 14.3 Å². The number of methoxy groups -OCH3 is 1. The van der Waals surface area contributed by atoms with Gasteiger partial charge in [-0.3, -0.25) is 0 Å². The molecule has 1 heterocycles. The third kappa shape index (κ3) is 3.36. The zero-order valence-electron chi connectivity index (χ0n) is 11.2. The molecule has 0 saturated carbocycles. The zero-order valence-corrected chi connectivity index (χ0v) is 12.0. The summed E-state index contributed by atoms with van der Waals surface area (Å²) in [7, 11) is 3.41. The van der Waals surface area contributed by atoms with Crippen molar-refractivity contribution in [2.24, 2.45) is 0 Å². The van der Waals surface area contributed by atoms with E-state index in [9.17, 15) is 4.79 Å². The first kappa shape index (κ1) is 15.3. The number of esters is 1. The van der Waals surface area contributed by atoms with Gasteiger partial charge in [0.25, 0.3) is 0 Å². The molecule has 0 bridgehead atoms. The minimum Gasteiger partial charge on any atom is -0.462 e. The number of anilines is 2. The van der Waals surface area contributed by atoms with Crippen LogP contribution in [0.15, 0.2) is 0 Å². The molecule has 7 heteroatoms. The Labute approximate surface area is 116 Å². The minimum atomic E-state index is -0.503. The van der Waals surface area contributed by atoms with Crippen molar-refractivity contribution in [1.29, 1.82) is 5.26 Å². The van der Waals surface area contributed by atoms with Crippen molar-refractivity contribution in [2.75, 3.05) is 44.5 Å². The molecule has 1 rings (SSSR count). The number of hydrogen-bond acceptors (Lipinski definition) is 7. The number of rotatable bonds is 6. The van der Waals surface area contributed by atoms with Crippen LogP contribution < -0.4 is 10.6 Å². The summed E-state index contributed by atoms with van der Waals surface area (Å²) < 4.78 is 9.98. The van der Waals surface area contributed by atoms with Gasteiger partial charge in [-0.15, -0.1) is 11.3 Å². The highest BCUT2D eigenvalue weighted by Crippen LogP contribution is 2.37. The van der Waals surface area contributed by atoms with E-state index in [0.717, 1.165) is 0 Å². The van der Waals surface area contributed by atoms with Gasteiger partial charge in [-0.05, 0) is 6.92 Å². The maximum Gasteiger partial charge on any atom is 0.343 e. The van der Waals surface area contributed by atoms with Crippen molar-refractivity contribution in [3.63, 3.8) is 0 Å². The van der Waals surface area contributed by atoms with Crippen LogP contribution in [0.2, 0.25) is 0 Å². The number of nitriles is 1. The minimum absolute atomic E-state index is 0.185. The van der Waals surface area contributed by atoms with Crippen molar-refractivity contribution in [2.45, 2.75) is 6.92 Å². The summed E-state index contributed by atoms with van der Waals surface area (Å²) in [5.41, 5.74) is 6.29. The van der Waals surface area contributed by atoms with Crippen LogP contribution in [-0.4, -0.2) is 39.9 Å². The Morgan fingerprint density at radius 3 is 2.79 bits per heavy atom. The topological polar surface area (TPSA) is 88.6 Å². The smallest absolute Gasteiger partial charge is 0.343 e. The molecule has 104 valence electrons. The van der Waals surface area contributed by atoms with Crippen LogP contribution in [0.1, 0.15) is 22.2 Å². The molecular weight excluding hydrogens is 266 g/mol. The molecule has 2 N–H and O–H groups in total. The normalized spacial score (nSPS) is 10.0. The van der Waals surface area contributed by atoms with Crippen LogP contribution in [0.4, 0.5) is 10.7 Å². The second kappa shape index (κ2) is 6.97. The number of nitrogen functional groups attached to an aromatic ring is 1. The number of nitrogens with zero attached hydrogens (tertiary/aromatic N) is 2. The van der Waals surface area contributed by atoms with Gasteiger partial charge in [-0.2, -0.15) is 5.26 Å². The molecule has 0 aliphatic carbocycles. The monoisotopic (exact) mass is 283 g/mol. The zero-order chi connectivity index (χ0) is 14.4. The first-order valence-corrected chi connectivity index (χ1v) is 6.58. The molecule has 0 fully saturated rings. The Bertz CT molecular complexity index is 493. The highest BCUT2D eigenvalue weighted by molar-refractivity contribution is 7.17. The summed E-state index contributed by atoms with van der Waals surface area (Å²) in [5, 5.41) is 9.64. The third-order valence-electron chi connectivity index (χ3n) is 2.49. The van der Waals surface area contributed by atoms with Crippen LogP contribution in [-0.2, 0) is 9.47 Å². The Balaban J connectivity index is 3.15. The van der Waals surface area contributed by atoms with E-state index in [1.54, 1.807) is 14.0 Å². The van der Waals surface area contributed by atoms with Crippen molar-refractivity contribution in [3.05, 3.63) is 10.4 Å². The van der Waals surface area contributed by atoms with Crippen LogP contribution in [0.5, 0.6) is 0 Å². The molecule has 19 heavy (non-hydrogen) atoms. The van der Waals surface area contributed by atoms with E-state index < -0.39 is 5.97 Å². The predicted octanol–water partition coefficient (Wildman–Crippen LogP) is 1.46. The van der Waals surface area contributed by atoms with Crippen molar-refractivity contribution in [3.8, 4) is 6.07 Å². The Morgan fingerprint density at radius 1 is 1.58 bits per heavy atom. The number of nitrogens with two attached hydrogens (primary N) is 1. The number of carbonyl (C=O) groups is 1. The largest absolute Gasteiger partial charge is 0.462 e. The fraction of sp³-hybridized carbons (Fsp3) is 0.500. The summed E-state index contributed by atoms with van der Waals surface area (Å²) in [6.45, 7) is 3.09. The quantitative estimate of drug-likeness (QED) is 0.795. The Kier molecular flexibility index (Phi) is 5.60. The molecule has 0 spiro atoms. The third-order valence-corrected chi connectivity index (χ3v) is 3.71. The fourth-order valence-electron chi connectivity index (χ4n) is 1.51. The van der Waals surface area contributed by atoms with E-state index in [4.69, 9.17) is 20.5 Å². The van der Waals surface area contributed by atoms with Crippen LogP contribution in [0, 0.1) is 11.3 Å². The highest BCUT2D eigenvalue weighted by Gasteiger charge is 2.25. The number of carbonyl (C=O) groups excluding carboxylic acids is 1. The fourth-order valence-corrected chi connectivity index (χ4v) is 2.51. The maximum atomic E-state index is 11.9. The number of ether oxygens (including phenoxy) is 2. The molecule has 0 aliphatic rings. The molecule has 0 saturated heterocycles. The molecule has 1 aromatic heterocycles. The second-order valence-corrected chi connectivity index (χ2v) is 4.77. The first-order valence-electron chi connectivity index (χ1n) is 5.76. The molecule has 0 unspecified atom stereocenters. The highest BCUT2D eigenvalue weighted by atomic mass is 32.1. The summed E-state index contributed by atoms with van der Waals surface area (Å²) in [5.74, 6) is -0.503. The number of likely N-dealkylation sites (N-methyl/N-ethyl adjacent to an activating group) is 1. The van der Waals surface area contributed by atoms with Crippen LogP contribution in [0.3, 0.4) is 0 Å². The number of thiophene rings is 1. The van der Waals surface area contributed by atoms with Gasteiger partial charge in [0.2, 0.25) is 0 Å². The van der Waals surface area contributed by atoms with Gasteiger partial charge in [0.15, 0.2) is 0 Å². The lowest BCUT2D eigenvalue weighted by atomic mass is 10.2. The Hall–Kier alpha value is -1.78. The average molecular weight is 283 g/mol. The molecule has 0 aromatic carbocycles. The second-order valence-electron chi connectivity index (χ2n) is 3.77. The Morgan fingerprint density at radius 2 is 2.26 bits per heavy atom. The molecule has 0 amide bonds. The first-order chi connectivity index (χ1) is 9.06. The summed E-state index contributed by atoms with van der Waals surface area (Å²) in [6.07, 6.45) is 0. The van der Waals surface area contributed by atoms with E-state index in [-0.39, 0.29) is 17.9 Å². The standard InChI is InChI=1S/C12H17N3O3S/c1-4-18-12(16)9-10(14)8(7-13)19-11(9)15(2)5-6-17-3/h4-6,14H2,1-3H3. The predicted molar refractivity (Wildman–Crippen MR) is 74.5 cm³/mol. The lowest BCUT2D eigenvalue weighted by Crippen LogP contribution is -2.23. The molecule has 0 atom stereocenters. The van der Waals surface area contributed by atoms with Crippen molar-refractivity contribution in [1.82, 2.24) is 0 Å². The van der Waals surface area contributed by atoms with E-state index >= 15 is 0 Å². The van der Waals surface area contributed by atoms with Gasteiger partial charge < -0.3 is 20.1 Å². The molecular formula is C12H17N3O3S. The molecule has 1 aromatic rings. The van der Waals surface area contributed by atoms with Gasteiger partial charge in [0.1, 0.15) is 21.5 Å². The van der Waals surface area contributed by atoms with Gasteiger partial charge in [0.05, 0.1) is 18.9 Å². The average Bonchev–Trinajstić information content (AvgIpc) is 2.73. The molecule has 6 nitrogen and oxygen atoms in total. The SMILES string of the molecule is CCOC(=O)c1c(N(C)CCOC)sc(C#N)c1N. The van der Waals surface area contributed by atoms with E-state index in [0.29, 0.717) is 23.0 Å². The number of hydrogen-bond donors (Lipinski definition) is 1. The van der Waals surface area contributed by atoms with Crippen LogP contribution >= 0.6 is 11.3 Å². The van der Waals surface area contributed by atoms with E-state index in [1.165, 1.54) is 11.3 Å². The maximum absolute atomic E-state index is 11.9. The lowest BCUT2D eigenvalue weighted by molar-refractivity contribution is 0.0529. The van der Waals surface area contributed by atoms with E-state index in [1.807, 2.05) is 18.0 Å². The lowest BCUT2D eigenvalue weighted by Gasteiger charge is -2.18. The van der Waals surface area contributed by atoms with Crippen molar-refractivity contribution >= 4 is 28.0 Å². The van der Waals surface area contributed by atoms with Gasteiger partial charge in [-0.1, -0.05) is 0 Å². The summed E-state index contributed by atoms with van der Waals surface area (Å²) >= 11 is 1.18. The van der Waals surface area contributed by atoms with Gasteiger partial charge in [0, 0.05) is 20.7 Å². The van der Waals surface area contributed by atoms with Gasteiger partial charge >= 0.3 is 5.97 Å². The molecule has 0 radical (unpaired) electrons. The van der Waals surface area contributed by atoms with Gasteiger partial charge in [-0.25, -0.2) is 4.79 Å². The summed E-state index contributed by atoms with van der Waals surface area (Å²) in [4.78, 5) is 14.1. The summed E-state index contributed by atoms with van der Waals surface area (Å²) in [6, 6.07) is 1.99. The van der Waals surface area contributed by atoms with Crippen LogP contribution in [0.25, 0.3) is 0 Å². The molecule has 0 aliphatic heterocycles. The van der Waals surface area contributed by atoms with E-state index in [2.05, 4.69) is 0 Å².